The van der Waals surface area contributed by atoms with Gasteiger partial charge in [0.2, 0.25) is 5.91 Å². The van der Waals surface area contributed by atoms with Gasteiger partial charge in [0.05, 0.1) is 11.6 Å². The number of halogens is 1. The predicted octanol–water partition coefficient (Wildman–Crippen LogP) is 2.95. The first-order valence-electron chi connectivity index (χ1n) is 6.96. The maximum Gasteiger partial charge on any atom is 0.303 e. The summed E-state index contributed by atoms with van der Waals surface area (Å²) >= 11 is 6.07. The SMILES string of the molecule is COCCOc1ccc(NC(=O)CCCCC(=O)O)cc1Cl. The highest BCUT2D eigenvalue weighted by molar-refractivity contribution is 6.32. The topological polar surface area (TPSA) is 84.9 Å². The summed E-state index contributed by atoms with van der Waals surface area (Å²) in [5.41, 5.74) is 0.576. The molecule has 0 atom stereocenters. The number of unbranched alkanes of at least 4 members (excludes halogenated alkanes) is 1. The Kier molecular flexibility index (Phi) is 8.32. The Morgan fingerprint density at radius 3 is 2.59 bits per heavy atom. The zero-order valence-electron chi connectivity index (χ0n) is 12.4. The largest absolute Gasteiger partial charge is 0.490 e. The Hall–Kier alpha value is -1.79. The van der Waals surface area contributed by atoms with Gasteiger partial charge in [-0.3, -0.25) is 9.59 Å². The number of amides is 1. The van der Waals surface area contributed by atoms with Crippen LogP contribution in [-0.2, 0) is 14.3 Å². The zero-order chi connectivity index (χ0) is 16.4. The summed E-state index contributed by atoms with van der Waals surface area (Å²) in [5, 5.41) is 11.6. The molecule has 2 N–H and O–H groups in total. The van der Waals surface area contributed by atoms with E-state index in [0.717, 1.165) is 0 Å². The fourth-order valence-electron chi connectivity index (χ4n) is 1.72. The lowest BCUT2D eigenvalue weighted by Crippen LogP contribution is -2.11. The van der Waals surface area contributed by atoms with Crippen molar-refractivity contribution in [2.75, 3.05) is 25.6 Å². The van der Waals surface area contributed by atoms with Crippen LogP contribution in [0.2, 0.25) is 5.02 Å². The second-order valence-electron chi connectivity index (χ2n) is 4.64. The minimum atomic E-state index is -0.851. The van der Waals surface area contributed by atoms with E-state index in [1.807, 2.05) is 0 Å². The van der Waals surface area contributed by atoms with Crippen molar-refractivity contribution in [1.82, 2.24) is 0 Å². The normalized spacial score (nSPS) is 10.3. The first-order chi connectivity index (χ1) is 10.5. The lowest BCUT2D eigenvalue weighted by Gasteiger charge is -2.10. The van der Waals surface area contributed by atoms with Crippen molar-refractivity contribution in [2.45, 2.75) is 25.7 Å². The quantitative estimate of drug-likeness (QED) is 0.645. The summed E-state index contributed by atoms with van der Waals surface area (Å²) in [6.07, 6.45) is 1.36. The molecule has 0 saturated heterocycles. The van der Waals surface area contributed by atoms with Gasteiger partial charge in [-0.25, -0.2) is 0 Å². The van der Waals surface area contributed by atoms with Crippen molar-refractivity contribution in [3.8, 4) is 5.75 Å². The van der Waals surface area contributed by atoms with Crippen LogP contribution >= 0.6 is 11.6 Å². The predicted molar refractivity (Wildman–Crippen MR) is 83.6 cm³/mol. The van der Waals surface area contributed by atoms with Crippen LogP contribution in [0.15, 0.2) is 18.2 Å². The number of carbonyl (C=O) groups is 2. The molecular formula is C15H20ClNO5. The number of anilines is 1. The van der Waals surface area contributed by atoms with Gasteiger partial charge in [0.1, 0.15) is 12.4 Å². The van der Waals surface area contributed by atoms with E-state index in [-0.39, 0.29) is 18.7 Å². The molecule has 0 heterocycles. The van der Waals surface area contributed by atoms with Crippen molar-refractivity contribution in [1.29, 1.82) is 0 Å². The van der Waals surface area contributed by atoms with Crippen molar-refractivity contribution >= 4 is 29.2 Å². The number of rotatable bonds is 10. The average Bonchev–Trinajstić information content (AvgIpc) is 2.46. The summed E-state index contributed by atoms with van der Waals surface area (Å²) in [4.78, 5) is 22.1. The third kappa shape index (κ3) is 7.28. The summed E-state index contributed by atoms with van der Waals surface area (Å²) in [5.74, 6) is -0.496. The first kappa shape index (κ1) is 18.3. The number of carbonyl (C=O) groups excluding carboxylic acids is 1. The highest BCUT2D eigenvalue weighted by atomic mass is 35.5. The van der Waals surface area contributed by atoms with Gasteiger partial charge in [-0.1, -0.05) is 11.6 Å². The molecule has 1 amide bonds. The van der Waals surface area contributed by atoms with Crippen molar-refractivity contribution in [3.05, 3.63) is 23.2 Å². The minimum absolute atomic E-state index is 0.0760. The molecule has 0 bridgehead atoms. The molecule has 0 fully saturated rings. The Bertz CT molecular complexity index is 507. The van der Waals surface area contributed by atoms with Crippen LogP contribution in [0.25, 0.3) is 0 Å². The van der Waals surface area contributed by atoms with Crippen molar-refractivity contribution in [2.24, 2.45) is 0 Å². The summed E-state index contributed by atoms with van der Waals surface area (Å²) < 4.78 is 10.3. The molecule has 0 spiro atoms. The van der Waals surface area contributed by atoms with Crippen molar-refractivity contribution < 1.29 is 24.2 Å². The average molecular weight is 330 g/mol. The number of carboxylic acid groups (broad SMARTS) is 1. The highest BCUT2D eigenvalue weighted by Gasteiger charge is 2.07. The van der Waals surface area contributed by atoms with E-state index in [1.54, 1.807) is 25.3 Å². The standard InChI is InChI=1S/C15H20ClNO5/c1-21-8-9-22-13-7-6-11(10-12(13)16)17-14(18)4-2-3-5-15(19)20/h6-7,10H,2-5,8-9H2,1H3,(H,17,18)(H,19,20). The Labute approximate surface area is 134 Å². The lowest BCUT2D eigenvalue weighted by atomic mass is 10.2. The molecule has 0 aromatic heterocycles. The van der Waals surface area contributed by atoms with E-state index in [0.29, 0.717) is 42.5 Å². The minimum Gasteiger partial charge on any atom is -0.490 e. The van der Waals surface area contributed by atoms with Gasteiger partial charge < -0.3 is 19.9 Å². The van der Waals surface area contributed by atoms with Gasteiger partial charge >= 0.3 is 5.97 Å². The number of nitrogens with one attached hydrogen (secondary N) is 1. The van der Waals surface area contributed by atoms with E-state index in [4.69, 9.17) is 26.2 Å². The van der Waals surface area contributed by atoms with Crippen molar-refractivity contribution in [3.63, 3.8) is 0 Å². The molecule has 7 heteroatoms. The van der Waals surface area contributed by atoms with Crippen LogP contribution in [0.3, 0.4) is 0 Å². The van der Waals surface area contributed by atoms with Crippen LogP contribution in [0, 0.1) is 0 Å². The molecular weight excluding hydrogens is 310 g/mol. The number of hydrogen-bond acceptors (Lipinski definition) is 4. The second-order valence-corrected chi connectivity index (χ2v) is 5.04. The molecule has 0 aliphatic heterocycles. The van der Waals surface area contributed by atoms with E-state index in [2.05, 4.69) is 5.32 Å². The summed E-state index contributed by atoms with van der Waals surface area (Å²) in [6.45, 7) is 0.858. The number of methoxy groups -OCH3 is 1. The van der Waals surface area contributed by atoms with Gasteiger partial charge in [0, 0.05) is 25.6 Å². The Morgan fingerprint density at radius 2 is 1.95 bits per heavy atom. The fraction of sp³-hybridized carbons (Fsp3) is 0.467. The summed E-state index contributed by atoms with van der Waals surface area (Å²) in [7, 11) is 1.58. The summed E-state index contributed by atoms with van der Waals surface area (Å²) in [6, 6.07) is 4.99. The van der Waals surface area contributed by atoms with Gasteiger partial charge in [-0.15, -0.1) is 0 Å². The van der Waals surface area contributed by atoms with Crippen LogP contribution in [0.1, 0.15) is 25.7 Å². The van der Waals surface area contributed by atoms with E-state index >= 15 is 0 Å². The maximum absolute atomic E-state index is 11.7. The molecule has 22 heavy (non-hydrogen) atoms. The van der Waals surface area contributed by atoms with E-state index in [1.165, 1.54) is 0 Å². The molecule has 1 aromatic carbocycles. The number of benzene rings is 1. The molecule has 122 valence electrons. The Balaban J connectivity index is 2.40. The second kappa shape index (κ2) is 10.0. The third-order valence-electron chi connectivity index (χ3n) is 2.81. The Morgan fingerprint density at radius 1 is 1.23 bits per heavy atom. The van der Waals surface area contributed by atoms with Crippen LogP contribution in [0.4, 0.5) is 5.69 Å². The lowest BCUT2D eigenvalue weighted by molar-refractivity contribution is -0.137. The first-order valence-corrected chi connectivity index (χ1v) is 7.33. The molecule has 0 unspecified atom stereocenters. The van der Waals surface area contributed by atoms with Crippen LogP contribution in [0.5, 0.6) is 5.75 Å². The highest BCUT2D eigenvalue weighted by Crippen LogP contribution is 2.27. The molecule has 0 saturated carbocycles. The van der Waals surface area contributed by atoms with Gasteiger partial charge in [-0.05, 0) is 31.0 Å². The molecule has 0 aliphatic rings. The smallest absolute Gasteiger partial charge is 0.303 e. The number of hydrogen-bond donors (Lipinski definition) is 2. The molecule has 0 radical (unpaired) electrons. The number of ether oxygens (including phenoxy) is 2. The number of carboxylic acids is 1. The van der Waals surface area contributed by atoms with E-state index < -0.39 is 5.97 Å². The zero-order valence-corrected chi connectivity index (χ0v) is 13.2. The molecule has 1 rings (SSSR count). The van der Waals surface area contributed by atoms with Crippen LogP contribution in [-0.4, -0.2) is 37.3 Å². The van der Waals surface area contributed by atoms with Gasteiger partial charge in [-0.2, -0.15) is 0 Å². The third-order valence-corrected chi connectivity index (χ3v) is 3.10. The molecule has 6 nitrogen and oxygen atoms in total. The maximum atomic E-state index is 11.7. The fourth-order valence-corrected chi connectivity index (χ4v) is 1.95. The van der Waals surface area contributed by atoms with E-state index in [9.17, 15) is 9.59 Å². The van der Waals surface area contributed by atoms with Crippen LogP contribution < -0.4 is 10.1 Å². The molecule has 0 aliphatic carbocycles. The number of aliphatic carboxylic acids is 1. The van der Waals surface area contributed by atoms with Gasteiger partial charge in [0.25, 0.3) is 0 Å². The molecule has 1 aromatic rings. The monoisotopic (exact) mass is 329 g/mol. The van der Waals surface area contributed by atoms with Gasteiger partial charge in [0.15, 0.2) is 0 Å².